The van der Waals surface area contributed by atoms with Crippen molar-refractivity contribution in [1.82, 2.24) is 10.5 Å². The highest BCUT2D eigenvalue weighted by atomic mass is 32.2. The molecule has 2 N–H and O–H groups in total. The van der Waals surface area contributed by atoms with Gasteiger partial charge in [0, 0.05) is 6.07 Å². The van der Waals surface area contributed by atoms with E-state index in [1.54, 1.807) is 36.9 Å². The molecule has 32 heavy (non-hydrogen) atoms. The number of benzene rings is 2. The highest BCUT2D eigenvalue weighted by Crippen LogP contribution is 2.37. The van der Waals surface area contributed by atoms with E-state index in [0.717, 1.165) is 5.56 Å². The lowest BCUT2D eigenvalue weighted by molar-refractivity contribution is 0.0706. The molecule has 0 aliphatic carbocycles. The first kappa shape index (κ1) is 23.0. The molecule has 3 aromatic rings. The highest BCUT2D eigenvalue weighted by molar-refractivity contribution is 7.86. The van der Waals surface area contributed by atoms with Crippen molar-refractivity contribution in [2.24, 2.45) is 0 Å². The van der Waals surface area contributed by atoms with Crippen LogP contribution in [0.15, 0.2) is 65.6 Å². The van der Waals surface area contributed by atoms with E-state index in [9.17, 15) is 14.2 Å². The molecule has 0 saturated heterocycles. The van der Waals surface area contributed by atoms with Gasteiger partial charge in [0.2, 0.25) is 11.8 Å². The molecule has 0 bridgehead atoms. The number of pyridine rings is 1. The second kappa shape index (κ2) is 10.6. The Balaban J connectivity index is 2.20. The summed E-state index contributed by atoms with van der Waals surface area (Å²) < 4.78 is 31.0. The van der Waals surface area contributed by atoms with Crippen LogP contribution in [0.1, 0.15) is 15.9 Å². The maximum absolute atomic E-state index is 13.7. The Morgan fingerprint density at radius 3 is 2.28 bits per heavy atom. The molecule has 1 amide bonds. The minimum atomic E-state index is -1.78. The van der Waals surface area contributed by atoms with E-state index < -0.39 is 16.9 Å². The smallest absolute Gasteiger partial charge is 0.277 e. The largest absolute Gasteiger partial charge is 0.497 e. The summed E-state index contributed by atoms with van der Waals surface area (Å²) in [5.74, 6) is -0.104. The fraction of sp³-hybridized carbons (Fsp3) is 0.182. The second-order valence-electron chi connectivity index (χ2n) is 6.46. The van der Waals surface area contributed by atoms with Gasteiger partial charge < -0.3 is 14.2 Å². The summed E-state index contributed by atoms with van der Waals surface area (Å²) in [5, 5.41) is 9.31. The van der Waals surface area contributed by atoms with Crippen molar-refractivity contribution in [2.75, 3.05) is 25.6 Å². The first-order chi connectivity index (χ1) is 15.5. The Morgan fingerprint density at radius 1 is 1.03 bits per heavy atom. The molecule has 10 heteroatoms. The molecule has 1 unspecified atom stereocenters. The predicted octanol–water partition coefficient (Wildman–Crippen LogP) is 2.96. The monoisotopic (exact) mass is 457 g/mol. The van der Waals surface area contributed by atoms with Gasteiger partial charge >= 0.3 is 0 Å². The third-order valence-electron chi connectivity index (χ3n) is 4.57. The number of carbonyl (C=O) groups is 1. The number of hydrogen-bond donors (Lipinski definition) is 2. The predicted molar refractivity (Wildman–Crippen MR) is 119 cm³/mol. The molecule has 9 nitrogen and oxygen atoms in total. The number of hydrogen-bond acceptors (Lipinski definition) is 7. The normalized spacial score (nSPS) is 11.4. The van der Waals surface area contributed by atoms with E-state index in [-0.39, 0.29) is 29.6 Å². The number of carbonyl (C=O) groups excluding carboxylic acids is 1. The molecule has 0 radical (unpaired) electrons. The van der Waals surface area contributed by atoms with Gasteiger partial charge in [-0.25, -0.2) is 9.69 Å². The van der Waals surface area contributed by atoms with E-state index in [1.165, 1.54) is 24.6 Å². The summed E-state index contributed by atoms with van der Waals surface area (Å²) in [6.45, 7) is 0.162. The lowest BCUT2D eigenvalue weighted by Crippen LogP contribution is -2.30. The summed E-state index contributed by atoms with van der Waals surface area (Å²) in [4.78, 5) is 17.2. The summed E-state index contributed by atoms with van der Waals surface area (Å²) in [6, 6.07) is 17.4. The zero-order valence-electron chi connectivity index (χ0n) is 17.8. The number of methoxy groups -OCH3 is 3. The number of amides is 1. The van der Waals surface area contributed by atoms with E-state index >= 15 is 0 Å². The van der Waals surface area contributed by atoms with Gasteiger partial charge in [-0.15, -0.1) is 0 Å². The molecule has 0 fully saturated rings. The van der Waals surface area contributed by atoms with Crippen LogP contribution >= 0.6 is 0 Å². The summed E-state index contributed by atoms with van der Waals surface area (Å²) in [5.41, 5.74) is 2.57. The molecule has 2 aromatic carbocycles. The fourth-order valence-electron chi connectivity index (χ4n) is 3.00. The second-order valence-corrected chi connectivity index (χ2v) is 7.87. The quantitative estimate of drug-likeness (QED) is 0.375. The van der Waals surface area contributed by atoms with Crippen LogP contribution in [0.4, 0.5) is 5.69 Å². The number of nitrogens with zero attached hydrogens (tertiary/aromatic N) is 2. The topological polar surface area (TPSA) is 110 Å². The maximum atomic E-state index is 13.7. The molecule has 1 heterocycles. The third-order valence-corrected chi connectivity index (χ3v) is 5.95. The van der Waals surface area contributed by atoms with Crippen molar-refractivity contribution in [2.45, 2.75) is 11.4 Å². The first-order valence-electron chi connectivity index (χ1n) is 9.47. The van der Waals surface area contributed by atoms with Gasteiger partial charge in [-0.05, 0) is 29.8 Å². The van der Waals surface area contributed by atoms with Crippen LogP contribution in [-0.4, -0.2) is 41.6 Å². The Bertz CT molecular complexity index is 1090. The van der Waals surface area contributed by atoms with Gasteiger partial charge in [-0.3, -0.25) is 14.3 Å². The van der Waals surface area contributed by atoms with Crippen LogP contribution in [0, 0.1) is 0 Å². The molecule has 3 rings (SSSR count). The molecular weight excluding hydrogens is 434 g/mol. The molecule has 168 valence electrons. The van der Waals surface area contributed by atoms with Crippen molar-refractivity contribution in [1.29, 1.82) is 0 Å². The van der Waals surface area contributed by atoms with Gasteiger partial charge in [0.15, 0.2) is 11.0 Å². The van der Waals surface area contributed by atoms with Crippen LogP contribution in [-0.2, 0) is 17.5 Å². The standard InChI is InChI=1S/C22H23N3O6S/c1-29-16-9-11-17(12-10-16)32(28)25(14-15-7-5-4-6-8-15)20-18(21(26)24-27)13-19(30-2)23-22(20)31-3/h4-13,27H,14H2,1-3H3,(H,24,26). The molecule has 0 aliphatic heterocycles. The summed E-state index contributed by atoms with van der Waals surface area (Å²) in [7, 11) is 2.53. The van der Waals surface area contributed by atoms with Crippen molar-refractivity contribution in [3.63, 3.8) is 0 Å². The molecule has 1 atom stereocenters. The summed E-state index contributed by atoms with van der Waals surface area (Å²) >= 11 is 0. The van der Waals surface area contributed by atoms with Crippen molar-refractivity contribution < 1.29 is 28.4 Å². The van der Waals surface area contributed by atoms with E-state index in [0.29, 0.717) is 10.6 Å². The number of hydroxylamine groups is 1. The summed E-state index contributed by atoms with van der Waals surface area (Å²) in [6.07, 6.45) is 0. The SMILES string of the molecule is COc1ccc(S(=O)N(Cc2ccccc2)c2c(C(=O)NO)cc(OC)nc2OC)cc1. The number of rotatable bonds is 9. The highest BCUT2D eigenvalue weighted by Gasteiger charge is 2.28. The fourth-order valence-corrected chi connectivity index (χ4v) is 4.23. The van der Waals surface area contributed by atoms with Crippen molar-refractivity contribution >= 4 is 22.6 Å². The average molecular weight is 458 g/mol. The Hall–Kier alpha value is -3.63. The first-order valence-corrected chi connectivity index (χ1v) is 10.6. The lowest BCUT2D eigenvalue weighted by atomic mass is 10.1. The van der Waals surface area contributed by atoms with Crippen molar-refractivity contribution in [3.8, 4) is 17.5 Å². The Morgan fingerprint density at radius 2 is 1.72 bits per heavy atom. The van der Waals surface area contributed by atoms with Gasteiger partial charge in [0.05, 0.1) is 38.3 Å². The molecule has 0 spiro atoms. The van der Waals surface area contributed by atoms with Crippen LogP contribution in [0.3, 0.4) is 0 Å². The average Bonchev–Trinajstić information content (AvgIpc) is 2.86. The molecule has 0 aliphatic rings. The number of ether oxygens (including phenoxy) is 3. The Labute approximate surface area is 188 Å². The lowest BCUT2D eigenvalue weighted by Gasteiger charge is -2.27. The zero-order chi connectivity index (χ0) is 23.1. The van der Waals surface area contributed by atoms with Crippen molar-refractivity contribution in [3.05, 3.63) is 71.8 Å². The molecular formula is C22H23N3O6S. The van der Waals surface area contributed by atoms with Gasteiger partial charge in [0.1, 0.15) is 11.4 Å². The van der Waals surface area contributed by atoms with E-state index in [4.69, 9.17) is 14.2 Å². The minimum Gasteiger partial charge on any atom is -0.497 e. The van der Waals surface area contributed by atoms with E-state index in [1.807, 2.05) is 30.3 Å². The maximum Gasteiger partial charge on any atom is 0.277 e. The molecule has 0 saturated carbocycles. The van der Waals surface area contributed by atoms with Crippen LogP contribution in [0.25, 0.3) is 0 Å². The number of nitrogens with one attached hydrogen (secondary N) is 1. The van der Waals surface area contributed by atoms with Gasteiger partial charge in [0.25, 0.3) is 5.91 Å². The van der Waals surface area contributed by atoms with Crippen LogP contribution in [0.2, 0.25) is 0 Å². The Kier molecular flexibility index (Phi) is 7.63. The van der Waals surface area contributed by atoms with Gasteiger partial charge in [-0.2, -0.15) is 4.98 Å². The number of anilines is 1. The van der Waals surface area contributed by atoms with Gasteiger partial charge in [-0.1, -0.05) is 30.3 Å². The third kappa shape index (κ3) is 4.98. The number of aromatic nitrogens is 1. The van der Waals surface area contributed by atoms with Crippen LogP contribution in [0.5, 0.6) is 17.5 Å². The minimum absolute atomic E-state index is 0.0146. The molecule has 1 aromatic heterocycles. The van der Waals surface area contributed by atoms with E-state index in [2.05, 4.69) is 4.98 Å². The zero-order valence-corrected chi connectivity index (χ0v) is 18.6. The van der Waals surface area contributed by atoms with Crippen LogP contribution < -0.4 is 24.0 Å².